The molecule has 10 aromatic rings. The first kappa shape index (κ1) is 47.3. The number of nitrogens with zero attached hydrogens (tertiary/aromatic N) is 3. The predicted octanol–water partition coefficient (Wildman–Crippen LogP) is 16.3. The maximum Gasteiger partial charge on any atom is 0.0798 e. The molecule has 7 aromatic carbocycles. The second-order valence-corrected chi connectivity index (χ2v) is 24.6. The fourth-order valence-corrected chi connectivity index (χ4v) is 10.9. The minimum Gasteiger partial charge on any atom is -0.557 e. The molecular weight excluding hydrogens is 1010 g/mol. The van der Waals surface area contributed by atoms with Gasteiger partial charge in [0.05, 0.1) is 24.9 Å². The fourth-order valence-electron chi connectivity index (χ4n) is 9.30. The number of rotatable bonds is 10. The van der Waals surface area contributed by atoms with Crippen LogP contribution in [0.1, 0.15) is 70.1 Å². The van der Waals surface area contributed by atoms with Gasteiger partial charge in [0.2, 0.25) is 0 Å². The van der Waals surface area contributed by atoms with E-state index in [2.05, 4.69) is 229 Å². The van der Waals surface area contributed by atoms with E-state index in [1.165, 1.54) is 55.0 Å². The standard InChI is InChI=1S/C43H35N2O.C18H24NSi.Ir/c1-27(2)35-24-32(29-13-6-5-7-14-29)25-36(28(3)4)42(35)45-40-20-11-10-19-39(40)44-43(45)38-26-46-41-22-21-31(23-37(38)41)34-18-12-16-30-15-8-9-17-33(30)34;1-14(2)11-16-12-17(15-9-7-6-8-10-15)19-13-18(16)20(3,4)5;/h5-25,27-28H,1-4H3;6-9,12-14H,11H2,1-5H3;/q2*-1;. The fraction of sp³-hybridized carbons (Fsp3) is 0.213. The van der Waals surface area contributed by atoms with Gasteiger partial charge >= 0.3 is 0 Å². The molecule has 0 aliphatic carbocycles. The topological polar surface area (TPSA) is 43.9 Å². The van der Waals surface area contributed by atoms with E-state index in [4.69, 9.17) is 9.40 Å². The molecule has 3 aromatic heterocycles. The molecular formula is C61H59IrN3OSi-2. The van der Waals surface area contributed by atoms with Crippen molar-refractivity contribution < 1.29 is 24.5 Å². The first-order chi connectivity index (χ1) is 31.9. The summed E-state index contributed by atoms with van der Waals surface area (Å²) in [5.41, 5.74) is 15.9. The van der Waals surface area contributed by atoms with E-state index in [1.54, 1.807) is 0 Å². The van der Waals surface area contributed by atoms with Gasteiger partial charge in [-0.3, -0.25) is 4.98 Å². The third-order valence-electron chi connectivity index (χ3n) is 12.6. The van der Waals surface area contributed by atoms with Gasteiger partial charge in [-0.05, 0) is 103 Å². The summed E-state index contributed by atoms with van der Waals surface area (Å²) in [5, 5.41) is 4.94. The summed E-state index contributed by atoms with van der Waals surface area (Å²) in [6.45, 7) is 20.9. The minimum absolute atomic E-state index is 0. The summed E-state index contributed by atoms with van der Waals surface area (Å²) in [6.07, 6.45) is 6.53. The summed E-state index contributed by atoms with van der Waals surface area (Å²) in [5.74, 6) is 2.08. The number of pyridine rings is 1. The van der Waals surface area contributed by atoms with Crippen molar-refractivity contribution in [2.75, 3.05) is 0 Å². The largest absolute Gasteiger partial charge is 0.557 e. The van der Waals surface area contributed by atoms with Crippen molar-refractivity contribution in [1.82, 2.24) is 14.5 Å². The average molecular weight is 1070 g/mol. The Morgan fingerprint density at radius 1 is 0.642 bits per heavy atom. The Kier molecular flexibility index (Phi) is 14.1. The molecule has 67 heavy (non-hydrogen) atoms. The Hall–Kier alpha value is -6.17. The van der Waals surface area contributed by atoms with Crippen LogP contribution < -0.4 is 5.19 Å². The van der Waals surface area contributed by atoms with Gasteiger partial charge in [0.15, 0.2) is 0 Å². The monoisotopic (exact) mass is 1070 g/mol. The quantitative estimate of drug-likeness (QED) is 0.101. The molecule has 0 N–H and O–H groups in total. The molecule has 6 heteroatoms. The summed E-state index contributed by atoms with van der Waals surface area (Å²) in [6, 6.07) is 59.0. The first-order valence-electron chi connectivity index (χ1n) is 23.5. The van der Waals surface area contributed by atoms with Gasteiger partial charge < -0.3 is 14.0 Å². The Balaban J connectivity index is 0.000000244. The number of imidazole rings is 1. The van der Waals surface area contributed by atoms with Crippen molar-refractivity contribution >= 4 is 46.0 Å². The van der Waals surface area contributed by atoms with Crippen LogP contribution in [0.3, 0.4) is 0 Å². The molecule has 0 atom stereocenters. The van der Waals surface area contributed by atoms with Crippen LogP contribution >= 0.6 is 0 Å². The molecule has 339 valence electrons. The summed E-state index contributed by atoms with van der Waals surface area (Å²) in [7, 11) is -1.34. The van der Waals surface area contributed by atoms with Gasteiger partial charge in [0.1, 0.15) is 0 Å². The van der Waals surface area contributed by atoms with Gasteiger partial charge in [0, 0.05) is 43.8 Å². The molecule has 0 bridgehead atoms. The number of para-hydroxylation sites is 2. The van der Waals surface area contributed by atoms with E-state index >= 15 is 0 Å². The normalized spacial score (nSPS) is 11.7. The van der Waals surface area contributed by atoms with Crippen molar-refractivity contribution in [3.8, 4) is 50.6 Å². The van der Waals surface area contributed by atoms with Gasteiger partial charge in [-0.15, -0.1) is 35.9 Å². The zero-order valence-corrected chi connectivity index (χ0v) is 43.5. The predicted molar refractivity (Wildman–Crippen MR) is 282 cm³/mol. The Morgan fingerprint density at radius 2 is 1.33 bits per heavy atom. The number of hydrogen-bond acceptors (Lipinski definition) is 3. The van der Waals surface area contributed by atoms with Crippen LogP contribution in [0.4, 0.5) is 0 Å². The Bertz CT molecular complexity index is 3270. The second-order valence-electron chi connectivity index (χ2n) is 19.6. The molecule has 0 spiro atoms. The number of aromatic nitrogens is 3. The van der Waals surface area contributed by atoms with E-state index in [9.17, 15) is 0 Å². The zero-order valence-electron chi connectivity index (χ0n) is 40.1. The van der Waals surface area contributed by atoms with Crippen LogP contribution in [0.2, 0.25) is 19.6 Å². The van der Waals surface area contributed by atoms with Gasteiger partial charge in [-0.25, -0.2) is 0 Å². The van der Waals surface area contributed by atoms with E-state index in [1.807, 2.05) is 18.2 Å². The van der Waals surface area contributed by atoms with Crippen LogP contribution in [0.25, 0.3) is 83.4 Å². The molecule has 0 unspecified atom stereocenters. The molecule has 10 rings (SSSR count). The van der Waals surface area contributed by atoms with Crippen molar-refractivity contribution in [1.29, 1.82) is 0 Å². The van der Waals surface area contributed by atoms with Crippen LogP contribution in [0, 0.1) is 18.2 Å². The van der Waals surface area contributed by atoms with E-state index in [0.29, 0.717) is 5.92 Å². The van der Waals surface area contributed by atoms with Gasteiger partial charge in [0.25, 0.3) is 0 Å². The molecule has 0 saturated carbocycles. The van der Waals surface area contributed by atoms with Crippen LogP contribution in [0.15, 0.2) is 168 Å². The molecule has 3 heterocycles. The van der Waals surface area contributed by atoms with Crippen molar-refractivity contribution in [3.05, 3.63) is 193 Å². The molecule has 0 fully saturated rings. The Morgan fingerprint density at radius 3 is 2.03 bits per heavy atom. The second kappa shape index (κ2) is 20.0. The van der Waals surface area contributed by atoms with E-state index < -0.39 is 8.07 Å². The third-order valence-corrected chi connectivity index (χ3v) is 14.6. The number of hydrogen-bond donors (Lipinski definition) is 0. The third kappa shape index (κ3) is 9.81. The summed E-state index contributed by atoms with van der Waals surface area (Å²) >= 11 is 0. The van der Waals surface area contributed by atoms with Crippen LogP contribution in [-0.2, 0) is 26.5 Å². The molecule has 1 radical (unpaired) electrons. The van der Waals surface area contributed by atoms with E-state index in [-0.39, 0.29) is 31.9 Å². The van der Waals surface area contributed by atoms with Crippen molar-refractivity contribution in [3.63, 3.8) is 0 Å². The Labute approximate surface area is 411 Å². The number of furan rings is 1. The van der Waals surface area contributed by atoms with Gasteiger partial charge in [-0.2, -0.15) is 0 Å². The maximum atomic E-state index is 6.12. The summed E-state index contributed by atoms with van der Waals surface area (Å²) < 4.78 is 8.48. The minimum atomic E-state index is -1.34. The molecule has 0 amide bonds. The summed E-state index contributed by atoms with van der Waals surface area (Å²) in [4.78, 5) is 9.97. The number of benzene rings is 7. The van der Waals surface area contributed by atoms with Crippen molar-refractivity contribution in [2.24, 2.45) is 5.92 Å². The first-order valence-corrected chi connectivity index (χ1v) is 27.0. The smallest absolute Gasteiger partial charge is 0.0798 e. The molecule has 4 nitrogen and oxygen atoms in total. The van der Waals surface area contributed by atoms with Gasteiger partial charge in [-0.1, -0.05) is 187 Å². The SMILES string of the molecule is CC(C)Cc1cc(-c2[c-]cccc2)ncc1[Si](C)(C)C.CC(C)c1cc(-c2ccccc2)cc(C(C)C)c1-n1c(-c2[c-]oc3ccc(-c4cccc5ccccc45)cc23)nc2ccccc21.[Ir]. The zero-order chi connectivity index (χ0) is 46.1. The van der Waals surface area contributed by atoms with Crippen LogP contribution in [-0.4, -0.2) is 22.6 Å². The molecule has 0 aliphatic rings. The van der Waals surface area contributed by atoms with Crippen LogP contribution in [0.5, 0.6) is 0 Å². The number of fused-ring (bicyclic) bond motifs is 3. The molecule has 0 aliphatic heterocycles. The van der Waals surface area contributed by atoms with Crippen molar-refractivity contribution in [2.45, 2.75) is 79.4 Å². The average Bonchev–Trinajstić information content (AvgIpc) is 3.92. The molecule has 0 saturated heterocycles. The maximum absolute atomic E-state index is 6.12. The van der Waals surface area contributed by atoms with E-state index in [0.717, 1.165) is 56.6 Å².